The number of amides is 1. The van der Waals surface area contributed by atoms with Crippen molar-refractivity contribution in [1.29, 1.82) is 0 Å². The fraction of sp³-hybridized carbons (Fsp3) is 0.300. The smallest absolute Gasteiger partial charge is 0.228 e. The summed E-state index contributed by atoms with van der Waals surface area (Å²) in [6.45, 7) is 2.37. The normalized spacial score (nSPS) is 15.2. The Labute approximate surface area is 172 Å². The Morgan fingerprint density at radius 1 is 1.25 bits per heavy atom. The molecular weight excluding hydrogens is 406 g/mol. The number of nitrogens with one attached hydrogen (secondary N) is 1. The number of anilines is 1. The number of aliphatic hydroxyl groups excluding tert-OH is 1. The van der Waals surface area contributed by atoms with Crippen LogP contribution in [0, 0.1) is 5.82 Å². The third-order valence-electron chi connectivity index (χ3n) is 4.74. The molecule has 1 amide bonds. The Balaban J connectivity index is 1.84. The van der Waals surface area contributed by atoms with Crippen molar-refractivity contribution in [3.05, 3.63) is 62.9 Å². The first-order chi connectivity index (χ1) is 13.3. The molecular formula is C20H19Cl2FN2O3. The number of benzene rings is 2. The van der Waals surface area contributed by atoms with Gasteiger partial charge in [0.25, 0.3) is 0 Å². The van der Waals surface area contributed by atoms with Crippen LogP contribution >= 0.6 is 23.2 Å². The predicted molar refractivity (Wildman–Crippen MR) is 106 cm³/mol. The molecule has 3 rings (SSSR count). The highest BCUT2D eigenvalue weighted by atomic mass is 35.5. The van der Waals surface area contributed by atoms with E-state index in [4.69, 9.17) is 23.2 Å². The van der Waals surface area contributed by atoms with E-state index in [-0.39, 0.29) is 47.1 Å². The molecule has 0 unspecified atom stereocenters. The van der Waals surface area contributed by atoms with Gasteiger partial charge in [-0.25, -0.2) is 4.39 Å². The summed E-state index contributed by atoms with van der Waals surface area (Å²) in [5.41, 5.74) is 1.83. The Bertz CT molecular complexity index is 936. The molecule has 2 aromatic rings. The molecule has 1 aliphatic rings. The van der Waals surface area contributed by atoms with E-state index in [1.807, 2.05) is 11.8 Å². The van der Waals surface area contributed by atoms with Crippen LogP contribution in [0.5, 0.6) is 0 Å². The van der Waals surface area contributed by atoms with Crippen LogP contribution in [-0.4, -0.2) is 40.9 Å². The summed E-state index contributed by atoms with van der Waals surface area (Å²) >= 11 is 11.9. The maximum Gasteiger partial charge on any atom is 0.228 e. The first-order valence-corrected chi connectivity index (χ1v) is 9.49. The van der Waals surface area contributed by atoms with Gasteiger partial charge in [-0.05, 0) is 36.2 Å². The molecule has 2 N–H and O–H groups in total. The fourth-order valence-corrected chi connectivity index (χ4v) is 3.50. The number of aliphatic hydroxyl groups is 1. The molecule has 148 valence electrons. The van der Waals surface area contributed by atoms with Gasteiger partial charge in [-0.1, -0.05) is 35.3 Å². The molecule has 0 aliphatic carbocycles. The second-order valence-corrected chi connectivity index (χ2v) is 7.60. The van der Waals surface area contributed by atoms with Gasteiger partial charge in [0, 0.05) is 18.2 Å². The summed E-state index contributed by atoms with van der Waals surface area (Å²) in [6, 6.07) is 7.35. The van der Waals surface area contributed by atoms with Gasteiger partial charge in [0.1, 0.15) is 5.82 Å². The number of halogens is 3. The molecule has 0 fully saturated rings. The summed E-state index contributed by atoms with van der Waals surface area (Å²) in [4.78, 5) is 27.0. The maximum atomic E-state index is 13.6. The minimum Gasteiger partial charge on any atom is -0.395 e. The van der Waals surface area contributed by atoms with Crippen molar-refractivity contribution < 1.29 is 19.1 Å². The average Bonchev–Trinajstić information content (AvgIpc) is 2.66. The number of fused-ring (bicyclic) bond motifs is 1. The Hall–Kier alpha value is -1.99. The zero-order valence-corrected chi connectivity index (χ0v) is 16.6. The molecule has 0 saturated carbocycles. The van der Waals surface area contributed by atoms with E-state index < -0.39 is 11.7 Å². The summed E-state index contributed by atoms with van der Waals surface area (Å²) in [5, 5.41) is 12.3. The summed E-state index contributed by atoms with van der Waals surface area (Å²) in [5.74, 6) is -1.21. The topological polar surface area (TPSA) is 69.6 Å². The number of hydrogen-bond donors (Lipinski definition) is 2. The molecule has 2 aromatic carbocycles. The number of hydrogen-bond acceptors (Lipinski definition) is 4. The van der Waals surface area contributed by atoms with Gasteiger partial charge >= 0.3 is 0 Å². The number of Topliss-reactive ketones (excluding diaryl/α,β-unsaturated/α-hetero) is 1. The second kappa shape index (κ2) is 8.57. The molecule has 1 aliphatic heterocycles. The largest absolute Gasteiger partial charge is 0.395 e. The molecule has 1 heterocycles. The minimum atomic E-state index is -0.602. The van der Waals surface area contributed by atoms with Crippen LogP contribution in [0.15, 0.2) is 30.3 Å². The van der Waals surface area contributed by atoms with Gasteiger partial charge in [-0.15, -0.1) is 0 Å². The van der Waals surface area contributed by atoms with Crippen molar-refractivity contribution in [2.24, 2.45) is 0 Å². The van der Waals surface area contributed by atoms with Gasteiger partial charge in [0.15, 0.2) is 5.78 Å². The molecule has 1 atom stereocenters. The molecule has 28 heavy (non-hydrogen) atoms. The van der Waals surface area contributed by atoms with Crippen LogP contribution in [0.2, 0.25) is 10.0 Å². The van der Waals surface area contributed by atoms with Crippen molar-refractivity contribution in [2.45, 2.75) is 25.9 Å². The quantitative estimate of drug-likeness (QED) is 0.767. The van der Waals surface area contributed by atoms with Crippen LogP contribution in [0.3, 0.4) is 0 Å². The SMILES string of the molecule is C[C@H](CO)N1CC(=O)c2c(ccc(Cl)c2NC(=O)Cc2ccc(Cl)c(F)c2)C1. The highest BCUT2D eigenvalue weighted by Crippen LogP contribution is 2.33. The van der Waals surface area contributed by atoms with Gasteiger partial charge in [-0.3, -0.25) is 14.5 Å². The van der Waals surface area contributed by atoms with E-state index in [0.717, 1.165) is 5.56 Å². The van der Waals surface area contributed by atoms with Gasteiger partial charge < -0.3 is 10.4 Å². The number of nitrogens with zero attached hydrogens (tertiary/aromatic N) is 1. The monoisotopic (exact) mass is 424 g/mol. The standard InChI is InChI=1S/C20H19Cl2FN2O3/c1-11(10-26)25-8-13-3-5-15(22)20(19(13)17(27)9-25)24-18(28)7-12-2-4-14(21)16(23)6-12/h2-6,11,26H,7-10H2,1H3,(H,24,28)/t11-/m1/s1. The number of rotatable bonds is 5. The van der Waals surface area contributed by atoms with Crippen LogP contribution in [0.4, 0.5) is 10.1 Å². The highest BCUT2D eigenvalue weighted by Gasteiger charge is 2.29. The van der Waals surface area contributed by atoms with E-state index >= 15 is 0 Å². The molecule has 0 aromatic heterocycles. The molecule has 8 heteroatoms. The van der Waals surface area contributed by atoms with Gasteiger partial charge in [0.05, 0.1) is 35.3 Å². The van der Waals surface area contributed by atoms with Crippen LogP contribution < -0.4 is 5.32 Å². The third kappa shape index (κ3) is 4.36. The van der Waals surface area contributed by atoms with Gasteiger partial charge in [0.2, 0.25) is 5.91 Å². The Kier molecular flexibility index (Phi) is 6.35. The van der Waals surface area contributed by atoms with Crippen molar-refractivity contribution in [3.8, 4) is 0 Å². The summed E-state index contributed by atoms with van der Waals surface area (Å²) in [6.07, 6.45) is -0.0874. The van der Waals surface area contributed by atoms with Crippen molar-refractivity contribution in [3.63, 3.8) is 0 Å². The third-order valence-corrected chi connectivity index (χ3v) is 5.36. The fourth-order valence-electron chi connectivity index (χ4n) is 3.18. The first kappa shape index (κ1) is 20.7. The zero-order chi connectivity index (χ0) is 20.4. The molecule has 0 saturated heterocycles. The summed E-state index contributed by atoms with van der Waals surface area (Å²) < 4.78 is 13.6. The van der Waals surface area contributed by atoms with Crippen molar-refractivity contribution >= 4 is 40.6 Å². The van der Waals surface area contributed by atoms with E-state index in [1.54, 1.807) is 18.2 Å². The van der Waals surface area contributed by atoms with Crippen molar-refractivity contribution in [2.75, 3.05) is 18.5 Å². The molecule has 0 bridgehead atoms. The summed E-state index contributed by atoms with van der Waals surface area (Å²) in [7, 11) is 0. The maximum absolute atomic E-state index is 13.6. The molecule has 0 spiro atoms. The Morgan fingerprint density at radius 3 is 2.64 bits per heavy atom. The van der Waals surface area contributed by atoms with E-state index in [0.29, 0.717) is 17.7 Å². The number of carbonyl (C=O) groups is 2. The lowest BCUT2D eigenvalue weighted by Crippen LogP contribution is -2.42. The number of carbonyl (C=O) groups excluding carboxylic acids is 2. The molecule has 0 radical (unpaired) electrons. The van der Waals surface area contributed by atoms with E-state index in [2.05, 4.69) is 5.32 Å². The van der Waals surface area contributed by atoms with E-state index in [1.165, 1.54) is 12.1 Å². The number of ketones is 1. The van der Waals surface area contributed by atoms with Crippen LogP contribution in [0.25, 0.3) is 0 Å². The minimum absolute atomic E-state index is 0.0170. The van der Waals surface area contributed by atoms with Crippen molar-refractivity contribution in [1.82, 2.24) is 4.90 Å². The zero-order valence-electron chi connectivity index (χ0n) is 15.1. The van der Waals surface area contributed by atoms with Gasteiger partial charge in [-0.2, -0.15) is 0 Å². The predicted octanol–water partition coefficient (Wildman–Crippen LogP) is 3.69. The average molecular weight is 425 g/mol. The lowest BCUT2D eigenvalue weighted by Gasteiger charge is -2.32. The Morgan fingerprint density at radius 2 is 1.96 bits per heavy atom. The first-order valence-electron chi connectivity index (χ1n) is 8.73. The van der Waals surface area contributed by atoms with Crippen LogP contribution in [-0.2, 0) is 17.8 Å². The molecule has 5 nitrogen and oxygen atoms in total. The van der Waals surface area contributed by atoms with Crippen LogP contribution in [0.1, 0.15) is 28.4 Å². The second-order valence-electron chi connectivity index (χ2n) is 6.79. The van der Waals surface area contributed by atoms with E-state index in [9.17, 15) is 19.1 Å². The lowest BCUT2D eigenvalue weighted by atomic mass is 9.95. The lowest BCUT2D eigenvalue weighted by molar-refractivity contribution is -0.115. The highest BCUT2D eigenvalue weighted by molar-refractivity contribution is 6.35.